The third-order valence-electron chi connectivity index (χ3n) is 4.73. The van der Waals surface area contributed by atoms with Gasteiger partial charge in [-0.1, -0.05) is 30.3 Å². The molecule has 25 heavy (non-hydrogen) atoms. The zero-order valence-electron chi connectivity index (χ0n) is 14.1. The average Bonchev–Trinajstić information content (AvgIpc) is 3.21. The number of fused-ring (bicyclic) bond motifs is 1. The van der Waals surface area contributed by atoms with E-state index < -0.39 is 22.8 Å². The van der Waals surface area contributed by atoms with Crippen LogP contribution in [0.3, 0.4) is 0 Å². The number of hydrogen-bond acceptors (Lipinski definition) is 6. The third-order valence-corrected chi connectivity index (χ3v) is 10.5. The Labute approximate surface area is 155 Å². The van der Waals surface area contributed by atoms with Crippen molar-refractivity contribution in [3.05, 3.63) is 51.8 Å². The molecule has 0 saturated heterocycles. The first-order valence-corrected chi connectivity index (χ1v) is 10.9. The Morgan fingerprint density at radius 2 is 1.84 bits per heavy atom. The molecule has 5 nitrogen and oxygen atoms in total. The number of thioether (sulfide) groups is 2. The van der Waals surface area contributed by atoms with Crippen LogP contribution in [0.4, 0.5) is 0 Å². The summed E-state index contributed by atoms with van der Waals surface area (Å²) >= 11 is 2.66. The van der Waals surface area contributed by atoms with E-state index in [4.69, 9.17) is 9.05 Å². The molecule has 0 amide bonds. The molecular formula is C17H19O5PS2. The third kappa shape index (κ3) is 2.56. The number of benzene rings is 1. The maximum absolute atomic E-state index is 13.6. The predicted molar refractivity (Wildman–Crippen MR) is 103 cm³/mol. The lowest BCUT2D eigenvalue weighted by Gasteiger charge is -2.45. The first kappa shape index (κ1) is 18.8. The van der Waals surface area contributed by atoms with Gasteiger partial charge in [-0.05, 0) is 40.9 Å². The number of carboxylic acids is 1. The largest absolute Gasteiger partial charge is 0.480 e. The molecule has 0 fully saturated rings. The molecule has 8 heteroatoms. The summed E-state index contributed by atoms with van der Waals surface area (Å²) in [6.45, 7) is 1.78. The van der Waals surface area contributed by atoms with Gasteiger partial charge in [-0.15, -0.1) is 23.5 Å². The summed E-state index contributed by atoms with van der Waals surface area (Å²) in [5.74, 6) is -1.20. The van der Waals surface area contributed by atoms with Crippen LogP contribution in [0.15, 0.2) is 40.7 Å². The number of carbonyl (C=O) groups is 1. The van der Waals surface area contributed by atoms with Crippen molar-refractivity contribution >= 4 is 43.2 Å². The number of carboxylic acid groups (broad SMARTS) is 1. The van der Waals surface area contributed by atoms with Gasteiger partial charge >= 0.3 is 13.6 Å². The molecule has 1 heterocycles. The first-order valence-electron chi connectivity index (χ1n) is 7.59. The Kier molecular flexibility index (Phi) is 4.99. The van der Waals surface area contributed by atoms with Gasteiger partial charge in [-0.3, -0.25) is 9.36 Å². The van der Waals surface area contributed by atoms with Crippen LogP contribution in [-0.4, -0.2) is 34.5 Å². The SMILES string of the molecule is COP(=O)(OC)C(C(=O)O)(C1=Cc2ccccc2C1)C1(C)SC=CS1. The minimum Gasteiger partial charge on any atom is -0.480 e. The Hall–Kier alpha value is -0.980. The zero-order chi connectivity index (χ0) is 18.3. The van der Waals surface area contributed by atoms with E-state index in [1.54, 1.807) is 6.92 Å². The fourth-order valence-corrected chi connectivity index (χ4v) is 8.75. The molecule has 1 N–H and O–H groups in total. The van der Waals surface area contributed by atoms with Crippen molar-refractivity contribution in [2.75, 3.05) is 14.2 Å². The first-order chi connectivity index (χ1) is 11.8. The van der Waals surface area contributed by atoms with Gasteiger partial charge in [-0.25, -0.2) is 0 Å². The normalized spacial score (nSPS) is 20.8. The summed E-state index contributed by atoms with van der Waals surface area (Å²) in [7, 11) is -1.54. The van der Waals surface area contributed by atoms with Gasteiger partial charge in [0.2, 0.25) is 5.16 Å². The molecule has 0 radical (unpaired) electrons. The monoisotopic (exact) mass is 398 g/mol. The molecule has 3 rings (SSSR count). The lowest BCUT2D eigenvalue weighted by Crippen LogP contribution is -2.54. The summed E-state index contributed by atoms with van der Waals surface area (Å²) in [6.07, 6.45) is 2.22. The molecule has 1 aliphatic heterocycles. The lowest BCUT2D eigenvalue weighted by molar-refractivity contribution is -0.139. The van der Waals surface area contributed by atoms with Crippen molar-refractivity contribution in [2.45, 2.75) is 22.6 Å². The van der Waals surface area contributed by atoms with Crippen molar-refractivity contribution in [1.82, 2.24) is 0 Å². The van der Waals surface area contributed by atoms with E-state index >= 15 is 0 Å². The van der Waals surface area contributed by atoms with E-state index in [0.717, 1.165) is 11.1 Å². The summed E-state index contributed by atoms with van der Waals surface area (Å²) in [5, 5.41) is 12.2. The van der Waals surface area contributed by atoms with Gasteiger partial charge in [0.15, 0.2) is 0 Å². The van der Waals surface area contributed by atoms with Crippen LogP contribution in [0, 0.1) is 0 Å². The molecule has 0 aromatic heterocycles. The minimum absolute atomic E-state index is 0.399. The van der Waals surface area contributed by atoms with Gasteiger partial charge in [0.05, 0.1) is 4.08 Å². The maximum Gasteiger partial charge on any atom is 0.353 e. The Morgan fingerprint density at radius 1 is 1.24 bits per heavy atom. The molecule has 1 aliphatic carbocycles. The van der Waals surface area contributed by atoms with E-state index in [9.17, 15) is 14.5 Å². The maximum atomic E-state index is 13.6. The van der Waals surface area contributed by atoms with Crippen molar-refractivity contribution in [1.29, 1.82) is 0 Å². The van der Waals surface area contributed by atoms with E-state index in [0.29, 0.717) is 12.0 Å². The standard InChI is InChI=1S/C17H19O5PS2/c1-16(24-8-9-25-16)17(15(18)19,23(20,21-2)22-3)14-10-12-6-4-5-7-13(12)11-14/h4-10H,11H2,1-3H3,(H,18,19). The van der Waals surface area contributed by atoms with Gasteiger partial charge in [0, 0.05) is 14.2 Å². The molecule has 1 atom stereocenters. The van der Waals surface area contributed by atoms with Crippen molar-refractivity contribution < 1.29 is 23.5 Å². The second-order valence-electron chi connectivity index (χ2n) is 5.88. The zero-order valence-corrected chi connectivity index (χ0v) is 16.6. The van der Waals surface area contributed by atoms with Gasteiger partial charge < -0.3 is 14.2 Å². The van der Waals surface area contributed by atoms with Crippen LogP contribution in [0.5, 0.6) is 0 Å². The van der Waals surface area contributed by atoms with E-state index in [1.165, 1.54) is 37.7 Å². The second kappa shape index (κ2) is 6.63. The lowest BCUT2D eigenvalue weighted by atomic mass is 9.92. The molecule has 134 valence electrons. The molecule has 1 aromatic rings. The van der Waals surface area contributed by atoms with Gasteiger partial charge in [-0.2, -0.15) is 0 Å². The van der Waals surface area contributed by atoms with E-state index in [1.807, 2.05) is 41.2 Å². The van der Waals surface area contributed by atoms with Crippen LogP contribution in [-0.2, 0) is 24.8 Å². The smallest absolute Gasteiger partial charge is 0.353 e. The van der Waals surface area contributed by atoms with Gasteiger partial charge in [0.1, 0.15) is 0 Å². The molecule has 0 saturated carbocycles. The van der Waals surface area contributed by atoms with Gasteiger partial charge in [0.25, 0.3) is 0 Å². The second-order valence-corrected chi connectivity index (χ2v) is 11.2. The van der Waals surface area contributed by atoms with E-state index in [2.05, 4.69) is 0 Å². The molecular weight excluding hydrogens is 379 g/mol. The topological polar surface area (TPSA) is 72.8 Å². The predicted octanol–water partition coefficient (Wildman–Crippen LogP) is 4.60. The van der Waals surface area contributed by atoms with Crippen molar-refractivity contribution in [3.63, 3.8) is 0 Å². The fraction of sp³-hybridized carbons (Fsp3) is 0.353. The highest BCUT2D eigenvalue weighted by Gasteiger charge is 2.70. The van der Waals surface area contributed by atoms with Crippen LogP contribution < -0.4 is 0 Å². The summed E-state index contributed by atoms with van der Waals surface area (Å²) < 4.78 is 23.2. The van der Waals surface area contributed by atoms with Crippen LogP contribution in [0.25, 0.3) is 6.08 Å². The molecule has 2 aliphatic rings. The van der Waals surface area contributed by atoms with E-state index in [-0.39, 0.29) is 0 Å². The van der Waals surface area contributed by atoms with Crippen molar-refractivity contribution in [2.24, 2.45) is 0 Å². The van der Waals surface area contributed by atoms with Crippen molar-refractivity contribution in [3.8, 4) is 0 Å². The number of hydrogen-bond donors (Lipinski definition) is 1. The summed E-state index contributed by atoms with van der Waals surface area (Å²) in [6, 6.07) is 7.68. The highest BCUT2D eigenvalue weighted by molar-refractivity contribution is 8.24. The quantitative estimate of drug-likeness (QED) is 0.702. The highest BCUT2D eigenvalue weighted by Crippen LogP contribution is 2.73. The molecule has 0 bridgehead atoms. The van der Waals surface area contributed by atoms with Crippen LogP contribution in [0.2, 0.25) is 0 Å². The molecule has 1 aromatic carbocycles. The van der Waals surface area contributed by atoms with Crippen LogP contribution in [0.1, 0.15) is 18.1 Å². The summed E-state index contributed by atoms with van der Waals surface area (Å²) in [5.41, 5.74) is 2.48. The summed E-state index contributed by atoms with van der Waals surface area (Å²) in [4.78, 5) is 12.7. The Bertz CT molecular complexity index is 803. The highest BCUT2D eigenvalue weighted by atomic mass is 32.2. The molecule has 1 unspecified atom stereocenters. The Morgan fingerprint density at radius 3 is 2.36 bits per heavy atom. The number of aliphatic carboxylic acids is 1. The van der Waals surface area contributed by atoms with Crippen LogP contribution >= 0.6 is 31.1 Å². The fourth-order valence-electron chi connectivity index (χ4n) is 3.54. The number of rotatable bonds is 6. The molecule has 0 spiro atoms. The minimum atomic E-state index is -4.02. The average molecular weight is 398 g/mol. The Balaban J connectivity index is 2.27.